The van der Waals surface area contributed by atoms with Gasteiger partial charge in [0.05, 0.1) is 5.69 Å². The first kappa shape index (κ1) is 17.6. The molecular weight excluding hydrogens is 426 g/mol. The summed E-state index contributed by atoms with van der Waals surface area (Å²) in [6.07, 6.45) is 1.69. The Bertz CT molecular complexity index is 1090. The number of halogens is 1. The molecule has 0 atom stereocenters. The first-order valence-corrected chi connectivity index (χ1v) is 9.80. The Morgan fingerprint density at radius 2 is 2.11 bits per heavy atom. The standard InChI is InChI=1S/C20H14BrN3O2S/c1-12-6-15(21)3-4-16(12)23-9-14(8-22)20-24-17(10-27-20)13-2-5-18-19(7-13)26-11-25-18/h2-7,9-10,23H,11H2,1H3. The number of aromatic nitrogens is 1. The fraction of sp³-hybridized carbons (Fsp3) is 0.100. The van der Waals surface area contributed by atoms with Crippen LogP contribution in [0.25, 0.3) is 16.8 Å². The lowest BCUT2D eigenvalue weighted by atomic mass is 10.1. The lowest BCUT2D eigenvalue weighted by molar-refractivity contribution is 0.174. The third-order valence-electron chi connectivity index (χ3n) is 4.08. The summed E-state index contributed by atoms with van der Waals surface area (Å²) in [6, 6.07) is 13.9. The van der Waals surface area contributed by atoms with E-state index in [1.165, 1.54) is 11.3 Å². The highest BCUT2D eigenvalue weighted by Gasteiger charge is 2.16. The van der Waals surface area contributed by atoms with Crippen LogP contribution in [0.15, 0.2) is 52.5 Å². The van der Waals surface area contributed by atoms with Gasteiger partial charge in [0.2, 0.25) is 6.79 Å². The minimum Gasteiger partial charge on any atom is -0.454 e. The number of nitrogens with one attached hydrogen (secondary N) is 1. The SMILES string of the molecule is Cc1cc(Br)ccc1NC=C(C#N)c1nc(-c2ccc3c(c2)OCO3)cs1. The quantitative estimate of drug-likeness (QED) is 0.536. The summed E-state index contributed by atoms with van der Waals surface area (Å²) >= 11 is 4.88. The normalized spacial score (nSPS) is 12.7. The van der Waals surface area contributed by atoms with Gasteiger partial charge in [-0.05, 0) is 48.9 Å². The van der Waals surface area contributed by atoms with E-state index in [-0.39, 0.29) is 6.79 Å². The minimum atomic E-state index is 0.240. The van der Waals surface area contributed by atoms with Gasteiger partial charge >= 0.3 is 0 Å². The summed E-state index contributed by atoms with van der Waals surface area (Å²) in [7, 11) is 0. The Morgan fingerprint density at radius 1 is 1.26 bits per heavy atom. The van der Waals surface area contributed by atoms with Crippen LogP contribution in [0.4, 0.5) is 5.69 Å². The number of ether oxygens (including phenoxy) is 2. The molecule has 3 aromatic rings. The Balaban J connectivity index is 1.58. The van der Waals surface area contributed by atoms with E-state index >= 15 is 0 Å². The van der Waals surface area contributed by atoms with Crippen LogP contribution in [0.1, 0.15) is 10.6 Å². The van der Waals surface area contributed by atoms with Crippen LogP contribution < -0.4 is 14.8 Å². The van der Waals surface area contributed by atoms with E-state index in [0.29, 0.717) is 16.3 Å². The highest BCUT2D eigenvalue weighted by molar-refractivity contribution is 9.10. The number of anilines is 1. The molecule has 0 amide bonds. The van der Waals surface area contributed by atoms with Crippen LogP contribution in [0.5, 0.6) is 11.5 Å². The third-order valence-corrected chi connectivity index (χ3v) is 5.45. The van der Waals surface area contributed by atoms with Gasteiger partial charge in [0.15, 0.2) is 11.5 Å². The molecule has 134 valence electrons. The van der Waals surface area contributed by atoms with Crippen molar-refractivity contribution in [1.29, 1.82) is 5.26 Å². The van der Waals surface area contributed by atoms with E-state index in [4.69, 9.17) is 9.47 Å². The number of fused-ring (bicyclic) bond motifs is 1. The van der Waals surface area contributed by atoms with Crippen LogP contribution in [0.2, 0.25) is 0 Å². The smallest absolute Gasteiger partial charge is 0.231 e. The molecule has 1 aliphatic heterocycles. The van der Waals surface area contributed by atoms with E-state index in [9.17, 15) is 5.26 Å². The van der Waals surface area contributed by atoms with Gasteiger partial charge in [-0.3, -0.25) is 0 Å². The Labute approximate surface area is 169 Å². The molecule has 0 aliphatic carbocycles. The van der Waals surface area contributed by atoms with Crippen molar-refractivity contribution in [3.05, 3.63) is 63.0 Å². The van der Waals surface area contributed by atoms with Crippen molar-refractivity contribution in [3.8, 4) is 28.8 Å². The van der Waals surface area contributed by atoms with Crippen LogP contribution in [0.3, 0.4) is 0 Å². The molecule has 0 saturated heterocycles. The molecule has 4 rings (SSSR count). The maximum absolute atomic E-state index is 9.54. The average Bonchev–Trinajstić information content (AvgIpc) is 3.32. The highest BCUT2D eigenvalue weighted by atomic mass is 79.9. The molecule has 0 unspecified atom stereocenters. The number of aryl methyl sites for hydroxylation is 1. The lowest BCUT2D eigenvalue weighted by Crippen LogP contribution is -1.93. The summed E-state index contributed by atoms with van der Waals surface area (Å²) in [4.78, 5) is 4.61. The van der Waals surface area contributed by atoms with Crippen molar-refractivity contribution < 1.29 is 9.47 Å². The summed E-state index contributed by atoms with van der Waals surface area (Å²) in [6.45, 7) is 2.25. The molecule has 0 spiro atoms. The molecule has 2 aromatic carbocycles. The Morgan fingerprint density at radius 3 is 2.93 bits per heavy atom. The maximum Gasteiger partial charge on any atom is 0.231 e. The first-order valence-electron chi connectivity index (χ1n) is 8.13. The van der Waals surface area contributed by atoms with E-state index in [2.05, 4.69) is 32.3 Å². The van der Waals surface area contributed by atoms with E-state index in [1.54, 1.807) is 6.20 Å². The van der Waals surface area contributed by atoms with Crippen LogP contribution >= 0.6 is 27.3 Å². The molecule has 0 radical (unpaired) electrons. The van der Waals surface area contributed by atoms with Gasteiger partial charge in [0, 0.05) is 27.3 Å². The van der Waals surface area contributed by atoms with Crippen molar-refractivity contribution in [1.82, 2.24) is 4.98 Å². The zero-order valence-electron chi connectivity index (χ0n) is 14.3. The zero-order valence-corrected chi connectivity index (χ0v) is 16.7. The van der Waals surface area contributed by atoms with Gasteiger partial charge in [-0.25, -0.2) is 4.98 Å². The van der Waals surface area contributed by atoms with E-state index in [0.717, 1.165) is 32.7 Å². The van der Waals surface area contributed by atoms with Crippen molar-refractivity contribution in [3.63, 3.8) is 0 Å². The molecule has 0 fully saturated rings. The molecule has 1 aromatic heterocycles. The molecule has 27 heavy (non-hydrogen) atoms. The molecule has 0 bridgehead atoms. The van der Waals surface area contributed by atoms with Crippen LogP contribution in [-0.4, -0.2) is 11.8 Å². The summed E-state index contributed by atoms with van der Waals surface area (Å²) in [5, 5.41) is 15.3. The predicted octanol–water partition coefficient (Wildman–Crippen LogP) is 5.59. The number of benzene rings is 2. The molecule has 1 N–H and O–H groups in total. The zero-order chi connectivity index (χ0) is 18.8. The Hall–Kier alpha value is -2.82. The number of hydrogen-bond acceptors (Lipinski definition) is 6. The van der Waals surface area contributed by atoms with Gasteiger partial charge in [0.25, 0.3) is 0 Å². The Kier molecular flexibility index (Phi) is 4.84. The fourth-order valence-electron chi connectivity index (χ4n) is 2.67. The lowest BCUT2D eigenvalue weighted by Gasteiger charge is -2.06. The number of hydrogen-bond donors (Lipinski definition) is 1. The minimum absolute atomic E-state index is 0.240. The van der Waals surface area contributed by atoms with Gasteiger partial charge < -0.3 is 14.8 Å². The van der Waals surface area contributed by atoms with Gasteiger partial charge in [-0.2, -0.15) is 5.26 Å². The van der Waals surface area contributed by atoms with Crippen molar-refractivity contribution in [2.45, 2.75) is 6.92 Å². The second kappa shape index (κ2) is 7.43. The average molecular weight is 440 g/mol. The molecule has 1 aliphatic rings. The highest BCUT2D eigenvalue weighted by Crippen LogP contribution is 2.36. The summed E-state index contributed by atoms with van der Waals surface area (Å²) in [5.41, 5.74) is 4.23. The van der Waals surface area contributed by atoms with Crippen molar-refractivity contribution >= 4 is 38.5 Å². The van der Waals surface area contributed by atoms with Gasteiger partial charge in [-0.15, -0.1) is 11.3 Å². The molecule has 0 saturated carbocycles. The second-order valence-corrected chi connectivity index (χ2v) is 7.65. The monoisotopic (exact) mass is 439 g/mol. The van der Waals surface area contributed by atoms with Crippen molar-refractivity contribution in [2.75, 3.05) is 12.1 Å². The number of thiazole rings is 1. The van der Waals surface area contributed by atoms with Gasteiger partial charge in [0.1, 0.15) is 16.6 Å². The van der Waals surface area contributed by atoms with Crippen LogP contribution in [0, 0.1) is 18.3 Å². The van der Waals surface area contributed by atoms with E-state index in [1.807, 2.05) is 48.7 Å². The second-order valence-electron chi connectivity index (χ2n) is 5.88. The number of nitrogens with zero attached hydrogens (tertiary/aromatic N) is 2. The molecule has 2 heterocycles. The van der Waals surface area contributed by atoms with Gasteiger partial charge in [-0.1, -0.05) is 15.9 Å². The molecule has 7 heteroatoms. The molecular formula is C20H14BrN3O2S. The third kappa shape index (κ3) is 3.68. The largest absolute Gasteiger partial charge is 0.454 e. The predicted molar refractivity (Wildman–Crippen MR) is 110 cm³/mol. The summed E-state index contributed by atoms with van der Waals surface area (Å²) < 4.78 is 11.8. The number of nitriles is 1. The fourth-order valence-corrected chi connectivity index (χ4v) is 3.94. The maximum atomic E-state index is 9.54. The van der Waals surface area contributed by atoms with E-state index < -0.39 is 0 Å². The van der Waals surface area contributed by atoms with Crippen molar-refractivity contribution in [2.24, 2.45) is 0 Å². The topological polar surface area (TPSA) is 67.2 Å². The number of allylic oxidation sites excluding steroid dienone is 1. The number of rotatable bonds is 4. The molecule has 5 nitrogen and oxygen atoms in total. The first-order chi connectivity index (χ1) is 13.1. The summed E-state index contributed by atoms with van der Waals surface area (Å²) in [5.74, 6) is 1.45. The van der Waals surface area contributed by atoms with Crippen LogP contribution in [-0.2, 0) is 0 Å².